The van der Waals surface area contributed by atoms with Crippen LogP contribution in [0.1, 0.15) is 25.0 Å². The van der Waals surface area contributed by atoms with Crippen LogP contribution in [0.25, 0.3) is 87.7 Å². The van der Waals surface area contributed by atoms with Crippen LogP contribution in [-0.4, -0.2) is 15.0 Å². The van der Waals surface area contributed by atoms with Gasteiger partial charge in [-0.1, -0.05) is 159 Å². The van der Waals surface area contributed by atoms with E-state index in [1.807, 2.05) is 29.5 Å². The zero-order valence-corrected chi connectivity index (χ0v) is 29.7. The maximum Gasteiger partial charge on any atom is 0.164 e. The molecular weight excluding hydrogens is 651 g/mol. The summed E-state index contributed by atoms with van der Waals surface area (Å²) in [5.41, 5.74) is 13.0. The van der Waals surface area contributed by atoms with Crippen LogP contribution >= 0.6 is 11.3 Å². The average Bonchev–Trinajstić information content (AvgIpc) is 3.70. The molecule has 1 aliphatic carbocycles. The number of fused-ring (bicyclic) bond motifs is 6. The molecule has 4 heteroatoms. The molecule has 10 rings (SSSR count). The summed E-state index contributed by atoms with van der Waals surface area (Å²) in [5, 5.41) is 2.53. The molecule has 52 heavy (non-hydrogen) atoms. The molecule has 0 N–H and O–H groups in total. The number of thiophene rings is 1. The molecule has 9 aromatic rings. The Bertz CT molecular complexity index is 2820. The first-order valence-electron chi connectivity index (χ1n) is 17.7. The summed E-state index contributed by atoms with van der Waals surface area (Å²) in [6.45, 7) is 4.65. The number of hydrogen-bond donors (Lipinski definition) is 0. The lowest BCUT2D eigenvalue weighted by molar-refractivity contribution is 0.660. The van der Waals surface area contributed by atoms with Gasteiger partial charge in [-0.15, -0.1) is 11.3 Å². The van der Waals surface area contributed by atoms with E-state index in [0.717, 1.165) is 22.3 Å². The molecule has 0 fully saturated rings. The number of rotatable bonds is 5. The topological polar surface area (TPSA) is 38.7 Å². The van der Waals surface area contributed by atoms with Gasteiger partial charge in [0.15, 0.2) is 17.5 Å². The molecular formula is C48H33N3S. The normalized spacial score (nSPS) is 13.0. The molecule has 0 radical (unpaired) electrons. The molecule has 0 bridgehead atoms. The molecule has 7 aromatic carbocycles. The van der Waals surface area contributed by atoms with Crippen molar-refractivity contribution in [1.29, 1.82) is 0 Å². The van der Waals surface area contributed by atoms with Gasteiger partial charge in [-0.3, -0.25) is 0 Å². The molecule has 2 aromatic heterocycles. The summed E-state index contributed by atoms with van der Waals surface area (Å²) in [4.78, 5) is 15.3. The van der Waals surface area contributed by atoms with Crippen molar-refractivity contribution < 1.29 is 0 Å². The van der Waals surface area contributed by atoms with Gasteiger partial charge in [-0.25, -0.2) is 15.0 Å². The largest absolute Gasteiger partial charge is 0.208 e. The van der Waals surface area contributed by atoms with Crippen molar-refractivity contribution in [1.82, 2.24) is 15.0 Å². The lowest BCUT2D eigenvalue weighted by atomic mass is 9.82. The quantitative estimate of drug-likeness (QED) is 0.181. The Balaban J connectivity index is 1.12. The Morgan fingerprint density at radius 1 is 0.404 bits per heavy atom. The highest BCUT2D eigenvalue weighted by atomic mass is 32.1. The van der Waals surface area contributed by atoms with Crippen LogP contribution in [-0.2, 0) is 5.41 Å². The summed E-state index contributed by atoms with van der Waals surface area (Å²) in [7, 11) is 0. The SMILES string of the molecule is CC1(C)c2ccccc2-c2c(-c3cccc(-c4nc(-c5ccccc5)nc(-c5ccc6c(c5)sc5cccc(-c7ccccc7)c56)n4)c3)cccc21. The third kappa shape index (κ3) is 4.90. The minimum atomic E-state index is -0.0636. The number of benzene rings is 7. The molecule has 0 amide bonds. The fourth-order valence-corrected chi connectivity index (χ4v) is 9.17. The third-order valence-corrected chi connectivity index (χ3v) is 11.7. The summed E-state index contributed by atoms with van der Waals surface area (Å²) in [6, 6.07) is 58.3. The van der Waals surface area contributed by atoms with Crippen LogP contribution in [0, 0.1) is 0 Å². The molecule has 0 spiro atoms. The maximum absolute atomic E-state index is 5.17. The second-order valence-electron chi connectivity index (χ2n) is 14.0. The Labute approximate surface area is 307 Å². The van der Waals surface area contributed by atoms with Crippen LogP contribution < -0.4 is 0 Å². The van der Waals surface area contributed by atoms with Crippen molar-refractivity contribution >= 4 is 31.5 Å². The Kier molecular flexibility index (Phi) is 7.02. The highest BCUT2D eigenvalue weighted by Gasteiger charge is 2.36. The molecule has 0 unspecified atom stereocenters. The van der Waals surface area contributed by atoms with Gasteiger partial charge < -0.3 is 0 Å². The number of nitrogens with zero attached hydrogens (tertiary/aromatic N) is 3. The Morgan fingerprint density at radius 2 is 0.962 bits per heavy atom. The number of aromatic nitrogens is 3. The van der Waals surface area contributed by atoms with E-state index < -0.39 is 0 Å². The molecule has 0 aliphatic heterocycles. The van der Waals surface area contributed by atoms with E-state index in [1.54, 1.807) is 0 Å². The van der Waals surface area contributed by atoms with Gasteiger partial charge in [0, 0.05) is 42.3 Å². The fraction of sp³-hybridized carbons (Fsp3) is 0.0625. The van der Waals surface area contributed by atoms with Gasteiger partial charge in [0.2, 0.25) is 0 Å². The third-order valence-electron chi connectivity index (χ3n) is 10.5. The zero-order chi connectivity index (χ0) is 34.8. The predicted octanol–water partition coefficient (Wildman–Crippen LogP) is 12.9. The van der Waals surface area contributed by atoms with E-state index in [-0.39, 0.29) is 5.41 Å². The summed E-state index contributed by atoms with van der Waals surface area (Å²) in [5.74, 6) is 1.97. The molecule has 246 valence electrons. The first-order chi connectivity index (χ1) is 25.5. The molecule has 3 nitrogen and oxygen atoms in total. The van der Waals surface area contributed by atoms with Gasteiger partial charge in [0.05, 0.1) is 0 Å². The Morgan fingerprint density at radius 3 is 1.75 bits per heavy atom. The van der Waals surface area contributed by atoms with Crippen LogP contribution in [0.4, 0.5) is 0 Å². The van der Waals surface area contributed by atoms with Crippen LogP contribution in [0.2, 0.25) is 0 Å². The van der Waals surface area contributed by atoms with E-state index in [2.05, 4.69) is 159 Å². The van der Waals surface area contributed by atoms with Gasteiger partial charge in [-0.05, 0) is 62.7 Å². The Hall–Kier alpha value is -6.23. The maximum atomic E-state index is 5.17. The molecule has 0 saturated heterocycles. The van der Waals surface area contributed by atoms with Crippen molar-refractivity contribution in [2.75, 3.05) is 0 Å². The first-order valence-corrected chi connectivity index (χ1v) is 18.5. The minimum Gasteiger partial charge on any atom is -0.208 e. The molecule has 1 aliphatic rings. The van der Waals surface area contributed by atoms with E-state index in [4.69, 9.17) is 15.0 Å². The van der Waals surface area contributed by atoms with E-state index >= 15 is 0 Å². The van der Waals surface area contributed by atoms with Crippen LogP contribution in [0.5, 0.6) is 0 Å². The molecule has 2 heterocycles. The summed E-state index contributed by atoms with van der Waals surface area (Å²) >= 11 is 1.81. The van der Waals surface area contributed by atoms with Crippen LogP contribution in [0.3, 0.4) is 0 Å². The number of hydrogen-bond acceptors (Lipinski definition) is 4. The first kappa shape index (κ1) is 30.6. The zero-order valence-electron chi connectivity index (χ0n) is 28.8. The van der Waals surface area contributed by atoms with E-state index in [9.17, 15) is 0 Å². The monoisotopic (exact) mass is 683 g/mol. The van der Waals surface area contributed by atoms with Crippen molar-refractivity contribution in [3.05, 3.63) is 175 Å². The van der Waals surface area contributed by atoms with Gasteiger partial charge in [0.25, 0.3) is 0 Å². The fourth-order valence-electron chi connectivity index (χ4n) is 7.99. The summed E-state index contributed by atoms with van der Waals surface area (Å²) < 4.78 is 2.48. The summed E-state index contributed by atoms with van der Waals surface area (Å²) in [6.07, 6.45) is 0. The highest BCUT2D eigenvalue weighted by molar-refractivity contribution is 7.26. The van der Waals surface area contributed by atoms with Crippen molar-refractivity contribution in [2.24, 2.45) is 0 Å². The average molecular weight is 684 g/mol. The predicted molar refractivity (Wildman–Crippen MR) is 217 cm³/mol. The lowest BCUT2D eigenvalue weighted by Gasteiger charge is -2.21. The van der Waals surface area contributed by atoms with Gasteiger partial charge in [0.1, 0.15) is 0 Å². The van der Waals surface area contributed by atoms with Crippen molar-refractivity contribution in [3.8, 4) is 67.5 Å². The molecule has 0 saturated carbocycles. The van der Waals surface area contributed by atoms with Gasteiger partial charge >= 0.3 is 0 Å². The second kappa shape index (κ2) is 11.9. The highest BCUT2D eigenvalue weighted by Crippen LogP contribution is 2.52. The van der Waals surface area contributed by atoms with E-state index in [1.165, 1.54) is 59.1 Å². The minimum absolute atomic E-state index is 0.0636. The lowest BCUT2D eigenvalue weighted by Crippen LogP contribution is -2.14. The second-order valence-corrected chi connectivity index (χ2v) is 15.1. The van der Waals surface area contributed by atoms with Crippen molar-refractivity contribution in [3.63, 3.8) is 0 Å². The van der Waals surface area contributed by atoms with Crippen molar-refractivity contribution in [2.45, 2.75) is 19.3 Å². The van der Waals surface area contributed by atoms with Gasteiger partial charge in [-0.2, -0.15) is 0 Å². The smallest absolute Gasteiger partial charge is 0.164 e. The van der Waals surface area contributed by atoms with Crippen LogP contribution in [0.15, 0.2) is 164 Å². The standard InChI is InChI=1S/C48H33N3S/c1-48(2)39-23-10-9-20-37(39)43-36(21-12-24-40(43)48)32-18-11-19-33(28-32)46-49-45(31-16-7-4-8-17-31)50-47(51-46)34-26-27-38-42(29-34)52-41-25-13-22-35(44(38)41)30-14-5-3-6-15-30/h3-29H,1-2H3. The van der Waals surface area contributed by atoms with E-state index in [0.29, 0.717) is 17.5 Å². The molecule has 0 atom stereocenters.